The van der Waals surface area contributed by atoms with Crippen LogP contribution in [0.1, 0.15) is 51.3 Å². The van der Waals surface area contributed by atoms with Crippen molar-refractivity contribution in [3.8, 4) is 22.3 Å². The Kier molecular flexibility index (Phi) is 8.66. The lowest BCUT2D eigenvalue weighted by atomic mass is 9.70. The van der Waals surface area contributed by atoms with Gasteiger partial charge in [0.15, 0.2) is 0 Å². The second kappa shape index (κ2) is 15.2. The first-order valence-corrected chi connectivity index (χ1v) is 23.8. The van der Waals surface area contributed by atoms with Gasteiger partial charge in [-0.2, -0.15) is 0 Å². The van der Waals surface area contributed by atoms with Crippen molar-refractivity contribution in [3.05, 3.63) is 298 Å². The van der Waals surface area contributed by atoms with Crippen molar-refractivity contribution in [3.63, 3.8) is 0 Å². The minimum atomic E-state index is -0.463. The maximum Gasteiger partial charge on any atom is 0.137 e. The van der Waals surface area contributed by atoms with Gasteiger partial charge >= 0.3 is 0 Å². The summed E-state index contributed by atoms with van der Waals surface area (Å²) in [5, 5.41) is 7.63. The second-order valence-electron chi connectivity index (χ2n) is 18.5. The molecule has 0 bridgehead atoms. The molecule has 1 aromatic heterocycles. The van der Waals surface area contributed by atoms with Gasteiger partial charge in [0.1, 0.15) is 5.82 Å². The van der Waals surface area contributed by atoms with Crippen LogP contribution < -0.4 is 15.3 Å². The van der Waals surface area contributed by atoms with Crippen molar-refractivity contribution >= 4 is 49.9 Å². The predicted octanol–water partition coefficient (Wildman–Crippen LogP) is 14.8. The summed E-state index contributed by atoms with van der Waals surface area (Å²) < 4.78 is 0. The summed E-state index contributed by atoms with van der Waals surface area (Å²) in [5.41, 5.74) is 18.7. The van der Waals surface area contributed by atoms with Crippen molar-refractivity contribution in [1.29, 1.82) is 0 Å². The molecule has 318 valence electrons. The number of benzene rings is 10. The third-order valence-electron chi connectivity index (χ3n) is 15.1. The maximum absolute atomic E-state index is 5.10. The second-order valence-corrected chi connectivity index (χ2v) is 18.5. The van der Waals surface area contributed by atoms with Crippen LogP contribution in [0.3, 0.4) is 0 Å². The molecule has 0 saturated heterocycles. The van der Waals surface area contributed by atoms with Gasteiger partial charge in [0, 0.05) is 23.5 Å². The summed E-state index contributed by atoms with van der Waals surface area (Å²) in [5.74, 6) is 1.01. The molecule has 3 aliphatic rings. The number of anilines is 3. The van der Waals surface area contributed by atoms with Gasteiger partial charge in [0.05, 0.1) is 5.41 Å². The minimum absolute atomic E-state index is 0.143. The van der Waals surface area contributed by atoms with Gasteiger partial charge in [-0.25, -0.2) is 4.98 Å². The summed E-state index contributed by atoms with van der Waals surface area (Å²) in [6.45, 7) is 0. The minimum Gasteiger partial charge on any atom is -0.295 e. The van der Waals surface area contributed by atoms with Crippen LogP contribution in [0.25, 0.3) is 54.9 Å². The molecule has 0 fully saturated rings. The summed E-state index contributed by atoms with van der Waals surface area (Å²) in [4.78, 5) is 7.46. The maximum atomic E-state index is 5.10. The molecule has 10 aromatic carbocycles. The highest BCUT2D eigenvalue weighted by molar-refractivity contribution is 6.12. The van der Waals surface area contributed by atoms with Crippen LogP contribution >= 0.6 is 0 Å². The zero-order valence-electron chi connectivity index (χ0n) is 37.4. The SMILES string of the molecule is c1ccc(C2=c3c(c4ccc(N(c5ccc6c(c5)C5(c7ccccc7-c7ccccc75)c5ccccc5-6)c5ccccn5)cc4c4ccccc34)=C(c3ccccc3)C(c3ccccc3)C2)cc1. The molecule has 2 heteroatoms. The third-order valence-corrected chi connectivity index (χ3v) is 15.1. The van der Waals surface area contributed by atoms with Gasteiger partial charge in [0.2, 0.25) is 0 Å². The molecule has 68 heavy (non-hydrogen) atoms. The van der Waals surface area contributed by atoms with E-state index in [4.69, 9.17) is 4.98 Å². The number of pyridine rings is 1. The van der Waals surface area contributed by atoms with Crippen LogP contribution in [0.15, 0.2) is 249 Å². The van der Waals surface area contributed by atoms with Crippen molar-refractivity contribution in [2.24, 2.45) is 0 Å². The highest BCUT2D eigenvalue weighted by Crippen LogP contribution is 2.63. The molecule has 14 rings (SSSR count). The smallest absolute Gasteiger partial charge is 0.137 e. The lowest BCUT2D eigenvalue weighted by molar-refractivity contribution is 0.793. The zero-order valence-corrected chi connectivity index (χ0v) is 37.4. The molecule has 0 amide bonds. The van der Waals surface area contributed by atoms with E-state index in [-0.39, 0.29) is 5.92 Å². The molecule has 1 heterocycles. The Morgan fingerprint density at radius 2 is 0.897 bits per heavy atom. The average molecular weight is 865 g/mol. The van der Waals surface area contributed by atoms with E-state index in [0.29, 0.717) is 0 Å². The molecule has 1 unspecified atom stereocenters. The molecule has 3 aliphatic carbocycles. The monoisotopic (exact) mass is 864 g/mol. The lowest BCUT2D eigenvalue weighted by Gasteiger charge is -2.32. The number of nitrogens with zero attached hydrogens (tertiary/aromatic N) is 2. The van der Waals surface area contributed by atoms with Gasteiger partial charge in [-0.3, -0.25) is 4.90 Å². The van der Waals surface area contributed by atoms with Crippen LogP contribution in [0, 0.1) is 0 Å². The van der Waals surface area contributed by atoms with E-state index in [1.165, 1.54) is 104 Å². The fourth-order valence-electron chi connectivity index (χ4n) is 12.4. The largest absolute Gasteiger partial charge is 0.295 e. The zero-order chi connectivity index (χ0) is 44.8. The number of hydrogen-bond acceptors (Lipinski definition) is 2. The molecular weight excluding hydrogens is 821 g/mol. The van der Waals surface area contributed by atoms with E-state index in [9.17, 15) is 0 Å². The molecule has 11 aromatic rings. The first-order valence-electron chi connectivity index (χ1n) is 23.8. The van der Waals surface area contributed by atoms with E-state index < -0.39 is 5.41 Å². The van der Waals surface area contributed by atoms with Crippen LogP contribution in [-0.4, -0.2) is 4.98 Å². The van der Waals surface area contributed by atoms with Crippen LogP contribution in [0.5, 0.6) is 0 Å². The number of aromatic nitrogens is 1. The molecule has 0 saturated carbocycles. The van der Waals surface area contributed by atoms with Crippen molar-refractivity contribution in [2.75, 3.05) is 4.90 Å². The molecular formula is C66H44N2. The Morgan fingerprint density at radius 1 is 0.382 bits per heavy atom. The number of rotatable bonds is 6. The highest BCUT2D eigenvalue weighted by atomic mass is 15.2. The third kappa shape index (κ3) is 5.55. The van der Waals surface area contributed by atoms with Gasteiger partial charge in [-0.05, 0) is 147 Å². The Labute approximate surface area is 396 Å². The van der Waals surface area contributed by atoms with Crippen LogP contribution in [0.4, 0.5) is 17.2 Å². The molecule has 0 radical (unpaired) electrons. The Balaban J connectivity index is 1.07. The average Bonchev–Trinajstić information content (AvgIpc) is 3.89. The Morgan fingerprint density at radius 3 is 1.54 bits per heavy atom. The van der Waals surface area contributed by atoms with E-state index in [1.807, 2.05) is 12.3 Å². The highest BCUT2D eigenvalue weighted by Gasteiger charge is 2.51. The molecule has 2 nitrogen and oxygen atoms in total. The number of fused-ring (bicyclic) bond motifs is 16. The summed E-state index contributed by atoms with van der Waals surface area (Å²) in [6.07, 6.45) is 2.81. The topological polar surface area (TPSA) is 16.1 Å². The van der Waals surface area contributed by atoms with E-state index in [2.05, 4.69) is 241 Å². The van der Waals surface area contributed by atoms with Gasteiger partial charge in [0.25, 0.3) is 0 Å². The van der Waals surface area contributed by atoms with E-state index >= 15 is 0 Å². The van der Waals surface area contributed by atoms with Gasteiger partial charge in [-0.15, -0.1) is 0 Å². The fourth-order valence-corrected chi connectivity index (χ4v) is 12.4. The van der Waals surface area contributed by atoms with Gasteiger partial charge < -0.3 is 0 Å². The summed E-state index contributed by atoms with van der Waals surface area (Å²) in [7, 11) is 0. The van der Waals surface area contributed by atoms with Crippen molar-refractivity contribution in [1.82, 2.24) is 4.98 Å². The fraction of sp³-hybridized carbons (Fsp3) is 0.0455. The summed E-state index contributed by atoms with van der Waals surface area (Å²) >= 11 is 0. The molecule has 1 spiro atoms. The molecule has 0 N–H and O–H groups in total. The Hall–Kier alpha value is -8.59. The summed E-state index contributed by atoms with van der Waals surface area (Å²) in [6, 6.07) is 90.1. The lowest BCUT2D eigenvalue weighted by Crippen LogP contribution is -2.37. The quantitative estimate of drug-likeness (QED) is 0.155. The Bertz CT molecular complexity index is 3870. The van der Waals surface area contributed by atoms with Crippen LogP contribution in [0.2, 0.25) is 0 Å². The standard InChI is InChI=1S/C66H44N2/c1-4-20-43(21-5-1)55-42-56(44-22-6-2-7-23-44)64-53-30-11-10-26-48(53)57-40-46(36-38-54(57)65(64)63(55)45-24-8-3-9-25-45)68(62-34-18-19-39-67-62)47-35-37-52-51-29-14-17-33-60(51)66(61(52)41-47)58-31-15-12-27-49(58)50-28-13-16-32-59(50)66/h1-41,55H,42H2. The first kappa shape index (κ1) is 38.7. The molecule has 0 aliphatic heterocycles. The van der Waals surface area contributed by atoms with Crippen LogP contribution in [-0.2, 0) is 5.41 Å². The van der Waals surface area contributed by atoms with E-state index in [1.54, 1.807) is 0 Å². The normalized spacial score (nSPS) is 14.9. The van der Waals surface area contributed by atoms with Gasteiger partial charge in [-0.1, -0.05) is 206 Å². The van der Waals surface area contributed by atoms with Crippen molar-refractivity contribution in [2.45, 2.75) is 17.8 Å². The van der Waals surface area contributed by atoms with Crippen molar-refractivity contribution < 1.29 is 0 Å². The predicted molar refractivity (Wildman–Crippen MR) is 281 cm³/mol. The van der Waals surface area contributed by atoms with E-state index in [0.717, 1.165) is 23.6 Å². The number of hydrogen-bond donors (Lipinski definition) is 0. The first-order chi connectivity index (χ1) is 33.8. The molecule has 1 atom stereocenters.